The summed E-state index contributed by atoms with van der Waals surface area (Å²) in [6.07, 6.45) is 1.56. The number of hydrogen-bond donors (Lipinski definition) is 1. The molecular weight excluding hydrogens is 150 g/mol. The fourth-order valence-corrected chi connectivity index (χ4v) is 1.00. The molecule has 0 heterocycles. The molecule has 0 aliphatic heterocycles. The van der Waals surface area contributed by atoms with Crippen molar-refractivity contribution in [3.63, 3.8) is 0 Å². The maximum absolute atomic E-state index is 7.26. The SMILES string of the molecule is COC(=N)CCc1ccccc1. The van der Waals surface area contributed by atoms with Crippen molar-refractivity contribution >= 4 is 5.90 Å². The summed E-state index contributed by atoms with van der Waals surface area (Å²) in [6, 6.07) is 10.1. The van der Waals surface area contributed by atoms with Crippen LogP contribution in [0.5, 0.6) is 0 Å². The lowest BCUT2D eigenvalue weighted by atomic mass is 10.1. The molecule has 0 spiro atoms. The van der Waals surface area contributed by atoms with Gasteiger partial charge >= 0.3 is 0 Å². The van der Waals surface area contributed by atoms with E-state index in [-0.39, 0.29) is 0 Å². The number of rotatable bonds is 3. The Morgan fingerprint density at radius 3 is 2.58 bits per heavy atom. The highest BCUT2D eigenvalue weighted by Crippen LogP contribution is 2.02. The Bertz CT molecular complexity index is 243. The molecular formula is C10H13NO. The summed E-state index contributed by atoms with van der Waals surface area (Å²) in [4.78, 5) is 0. The monoisotopic (exact) mass is 163 g/mol. The van der Waals surface area contributed by atoms with Crippen LogP contribution in [0.3, 0.4) is 0 Å². The van der Waals surface area contributed by atoms with Gasteiger partial charge in [0.15, 0.2) is 5.90 Å². The zero-order chi connectivity index (χ0) is 8.81. The summed E-state index contributed by atoms with van der Waals surface area (Å²) >= 11 is 0. The Kier molecular flexibility index (Phi) is 3.33. The molecule has 0 atom stereocenters. The van der Waals surface area contributed by atoms with Crippen LogP contribution in [0.4, 0.5) is 0 Å². The van der Waals surface area contributed by atoms with Crippen LogP contribution in [-0.4, -0.2) is 13.0 Å². The van der Waals surface area contributed by atoms with Gasteiger partial charge in [-0.05, 0) is 12.0 Å². The second-order valence-electron chi connectivity index (χ2n) is 2.61. The molecule has 0 saturated carbocycles. The smallest absolute Gasteiger partial charge is 0.180 e. The Morgan fingerprint density at radius 1 is 1.33 bits per heavy atom. The molecule has 2 nitrogen and oxygen atoms in total. The quantitative estimate of drug-likeness (QED) is 0.538. The first kappa shape index (κ1) is 8.78. The molecule has 0 fully saturated rings. The Balaban J connectivity index is 2.38. The van der Waals surface area contributed by atoms with Crippen LogP contribution >= 0.6 is 0 Å². The zero-order valence-electron chi connectivity index (χ0n) is 7.21. The highest BCUT2D eigenvalue weighted by Gasteiger charge is 1.95. The van der Waals surface area contributed by atoms with Gasteiger partial charge in [0, 0.05) is 6.42 Å². The minimum Gasteiger partial charge on any atom is -0.484 e. The van der Waals surface area contributed by atoms with Crippen molar-refractivity contribution in [2.45, 2.75) is 12.8 Å². The van der Waals surface area contributed by atoms with Crippen molar-refractivity contribution in [1.82, 2.24) is 0 Å². The van der Waals surface area contributed by atoms with Crippen molar-refractivity contribution in [3.05, 3.63) is 35.9 Å². The van der Waals surface area contributed by atoms with Crippen LogP contribution in [0.15, 0.2) is 30.3 Å². The second-order valence-corrected chi connectivity index (χ2v) is 2.61. The van der Waals surface area contributed by atoms with E-state index >= 15 is 0 Å². The molecule has 0 aliphatic carbocycles. The van der Waals surface area contributed by atoms with Gasteiger partial charge in [0.2, 0.25) is 0 Å². The first-order valence-corrected chi connectivity index (χ1v) is 3.98. The Morgan fingerprint density at radius 2 is 2.00 bits per heavy atom. The first-order valence-electron chi connectivity index (χ1n) is 3.98. The lowest BCUT2D eigenvalue weighted by Crippen LogP contribution is -2.00. The summed E-state index contributed by atoms with van der Waals surface area (Å²) in [5.41, 5.74) is 1.25. The predicted octanol–water partition coefficient (Wildman–Crippen LogP) is 2.24. The minimum absolute atomic E-state index is 0.346. The van der Waals surface area contributed by atoms with E-state index in [1.54, 1.807) is 0 Å². The van der Waals surface area contributed by atoms with E-state index in [0.29, 0.717) is 12.3 Å². The second kappa shape index (κ2) is 4.54. The highest BCUT2D eigenvalue weighted by molar-refractivity contribution is 5.72. The summed E-state index contributed by atoms with van der Waals surface area (Å²) in [6.45, 7) is 0. The van der Waals surface area contributed by atoms with E-state index in [0.717, 1.165) is 6.42 Å². The molecule has 12 heavy (non-hydrogen) atoms. The number of nitrogens with one attached hydrogen (secondary N) is 1. The topological polar surface area (TPSA) is 33.1 Å². The van der Waals surface area contributed by atoms with Crippen molar-refractivity contribution in [1.29, 1.82) is 5.41 Å². The van der Waals surface area contributed by atoms with Crippen molar-refractivity contribution < 1.29 is 4.74 Å². The summed E-state index contributed by atoms with van der Waals surface area (Å²) in [5.74, 6) is 0.346. The fraction of sp³-hybridized carbons (Fsp3) is 0.300. The molecule has 0 aromatic heterocycles. The highest BCUT2D eigenvalue weighted by atomic mass is 16.5. The van der Waals surface area contributed by atoms with Gasteiger partial charge in [-0.15, -0.1) is 0 Å². The molecule has 0 amide bonds. The average Bonchev–Trinajstić information content (AvgIpc) is 2.16. The number of methoxy groups -OCH3 is 1. The third-order valence-corrected chi connectivity index (χ3v) is 1.73. The molecule has 1 aromatic rings. The van der Waals surface area contributed by atoms with E-state index in [2.05, 4.69) is 12.1 Å². The van der Waals surface area contributed by atoms with Gasteiger partial charge in [0.1, 0.15) is 0 Å². The van der Waals surface area contributed by atoms with Crippen LogP contribution < -0.4 is 0 Å². The lowest BCUT2D eigenvalue weighted by Gasteiger charge is -2.01. The molecule has 2 heteroatoms. The maximum atomic E-state index is 7.26. The summed E-state index contributed by atoms with van der Waals surface area (Å²) in [5, 5.41) is 7.26. The summed E-state index contributed by atoms with van der Waals surface area (Å²) < 4.78 is 4.76. The molecule has 0 unspecified atom stereocenters. The summed E-state index contributed by atoms with van der Waals surface area (Å²) in [7, 11) is 1.54. The first-order chi connectivity index (χ1) is 5.83. The normalized spacial score (nSPS) is 9.42. The van der Waals surface area contributed by atoms with Crippen molar-refractivity contribution in [2.75, 3.05) is 7.11 Å². The fourth-order valence-electron chi connectivity index (χ4n) is 1.00. The molecule has 0 aliphatic rings. The van der Waals surface area contributed by atoms with Crippen LogP contribution in [0, 0.1) is 5.41 Å². The molecule has 1 aromatic carbocycles. The molecule has 0 saturated heterocycles. The lowest BCUT2D eigenvalue weighted by molar-refractivity contribution is 0.386. The molecule has 1 N–H and O–H groups in total. The third kappa shape index (κ3) is 2.74. The van der Waals surface area contributed by atoms with E-state index in [1.807, 2.05) is 18.2 Å². The largest absolute Gasteiger partial charge is 0.484 e. The van der Waals surface area contributed by atoms with Crippen LogP contribution in [-0.2, 0) is 11.2 Å². The predicted molar refractivity (Wildman–Crippen MR) is 49.5 cm³/mol. The van der Waals surface area contributed by atoms with Crippen LogP contribution in [0.1, 0.15) is 12.0 Å². The van der Waals surface area contributed by atoms with Gasteiger partial charge < -0.3 is 4.74 Å². The zero-order valence-corrected chi connectivity index (χ0v) is 7.21. The molecule has 0 bridgehead atoms. The Labute approximate surface area is 72.7 Å². The maximum Gasteiger partial charge on any atom is 0.180 e. The number of benzene rings is 1. The van der Waals surface area contributed by atoms with Crippen molar-refractivity contribution in [2.24, 2.45) is 0 Å². The van der Waals surface area contributed by atoms with E-state index in [1.165, 1.54) is 12.7 Å². The number of ether oxygens (including phenoxy) is 1. The Hall–Kier alpha value is -1.31. The third-order valence-electron chi connectivity index (χ3n) is 1.73. The van der Waals surface area contributed by atoms with E-state index in [9.17, 15) is 0 Å². The van der Waals surface area contributed by atoms with Gasteiger partial charge in [-0.25, -0.2) is 0 Å². The van der Waals surface area contributed by atoms with Gasteiger partial charge in [-0.1, -0.05) is 30.3 Å². The molecule has 64 valence electrons. The standard InChI is InChI=1S/C10H13NO/c1-12-10(11)8-7-9-5-3-2-4-6-9/h2-6,11H,7-8H2,1H3. The average molecular weight is 163 g/mol. The van der Waals surface area contributed by atoms with Gasteiger partial charge in [0.25, 0.3) is 0 Å². The van der Waals surface area contributed by atoms with Crippen LogP contribution in [0.25, 0.3) is 0 Å². The number of hydrogen-bond acceptors (Lipinski definition) is 2. The van der Waals surface area contributed by atoms with Gasteiger partial charge in [-0.2, -0.15) is 0 Å². The molecule has 1 rings (SSSR count). The minimum atomic E-state index is 0.346. The van der Waals surface area contributed by atoms with Gasteiger partial charge in [-0.3, -0.25) is 5.41 Å². The van der Waals surface area contributed by atoms with Gasteiger partial charge in [0.05, 0.1) is 7.11 Å². The molecule has 0 radical (unpaired) electrons. The van der Waals surface area contributed by atoms with Crippen LogP contribution in [0.2, 0.25) is 0 Å². The van der Waals surface area contributed by atoms with E-state index < -0.39 is 0 Å². The number of aryl methyl sites for hydroxylation is 1. The van der Waals surface area contributed by atoms with Crippen molar-refractivity contribution in [3.8, 4) is 0 Å². The van der Waals surface area contributed by atoms with E-state index in [4.69, 9.17) is 10.1 Å².